The molecular weight excluding hydrogens is 236 g/mol. The fourth-order valence-electron chi connectivity index (χ4n) is 1.57. The summed E-state index contributed by atoms with van der Waals surface area (Å²) in [5, 5.41) is 4.73. The van der Waals surface area contributed by atoms with Crippen molar-refractivity contribution in [2.75, 3.05) is 5.73 Å². The van der Waals surface area contributed by atoms with Gasteiger partial charge in [-0.2, -0.15) is 0 Å². The Hall–Kier alpha value is -1.82. The van der Waals surface area contributed by atoms with E-state index in [2.05, 4.69) is 10.3 Å². The SMILES string of the molecule is CCn1cc(N)cc1C(=O)NCc1cscn1. The molecule has 0 saturated carbocycles. The summed E-state index contributed by atoms with van der Waals surface area (Å²) in [6, 6.07) is 1.68. The Bertz CT molecular complexity index is 504. The molecule has 0 aliphatic rings. The first-order chi connectivity index (χ1) is 8.20. The van der Waals surface area contributed by atoms with Crippen molar-refractivity contribution in [1.82, 2.24) is 14.9 Å². The molecule has 1 amide bonds. The van der Waals surface area contributed by atoms with Crippen LogP contribution >= 0.6 is 11.3 Å². The van der Waals surface area contributed by atoms with Gasteiger partial charge in [0, 0.05) is 18.1 Å². The van der Waals surface area contributed by atoms with Gasteiger partial charge in [-0.05, 0) is 13.0 Å². The predicted octanol–water partition coefficient (Wildman–Crippen LogP) is 1.48. The van der Waals surface area contributed by atoms with Crippen LogP contribution in [0.3, 0.4) is 0 Å². The molecule has 2 aromatic rings. The number of hydrogen-bond acceptors (Lipinski definition) is 4. The molecule has 0 unspecified atom stereocenters. The number of carbonyl (C=O) groups excluding carboxylic acids is 1. The lowest BCUT2D eigenvalue weighted by Gasteiger charge is -2.06. The average Bonchev–Trinajstić information content (AvgIpc) is 2.94. The van der Waals surface area contributed by atoms with Crippen molar-refractivity contribution in [3.8, 4) is 0 Å². The molecule has 2 rings (SSSR count). The quantitative estimate of drug-likeness (QED) is 0.863. The Balaban J connectivity index is 2.04. The zero-order chi connectivity index (χ0) is 12.3. The lowest BCUT2D eigenvalue weighted by atomic mass is 10.3. The van der Waals surface area contributed by atoms with E-state index in [1.807, 2.05) is 16.9 Å². The number of thiazole rings is 1. The predicted molar refractivity (Wildman–Crippen MR) is 67.8 cm³/mol. The molecule has 0 aromatic carbocycles. The fraction of sp³-hybridized carbons (Fsp3) is 0.273. The number of amides is 1. The number of hydrogen-bond donors (Lipinski definition) is 2. The minimum atomic E-state index is -0.128. The second-order valence-electron chi connectivity index (χ2n) is 3.61. The van der Waals surface area contributed by atoms with Crippen molar-refractivity contribution >= 4 is 22.9 Å². The first-order valence-electron chi connectivity index (χ1n) is 5.31. The van der Waals surface area contributed by atoms with Gasteiger partial charge in [0.05, 0.1) is 23.4 Å². The number of rotatable bonds is 4. The fourth-order valence-corrected chi connectivity index (χ4v) is 2.13. The van der Waals surface area contributed by atoms with E-state index in [0.717, 1.165) is 12.2 Å². The standard InChI is InChI=1S/C11H14N4OS/c1-2-15-5-8(12)3-10(15)11(16)13-4-9-6-17-7-14-9/h3,5-7H,2,4,12H2,1H3,(H,13,16). The maximum Gasteiger partial charge on any atom is 0.268 e. The molecule has 17 heavy (non-hydrogen) atoms. The normalized spacial score (nSPS) is 10.4. The molecule has 3 N–H and O–H groups in total. The van der Waals surface area contributed by atoms with Crippen LogP contribution in [0.1, 0.15) is 23.1 Å². The van der Waals surface area contributed by atoms with Crippen LogP contribution < -0.4 is 11.1 Å². The summed E-state index contributed by atoms with van der Waals surface area (Å²) in [4.78, 5) is 16.0. The van der Waals surface area contributed by atoms with Crippen molar-refractivity contribution in [3.05, 3.63) is 34.5 Å². The van der Waals surface area contributed by atoms with Crippen molar-refractivity contribution in [2.45, 2.75) is 20.0 Å². The largest absolute Gasteiger partial charge is 0.397 e. The highest BCUT2D eigenvalue weighted by Gasteiger charge is 2.11. The second-order valence-corrected chi connectivity index (χ2v) is 4.33. The van der Waals surface area contributed by atoms with E-state index in [4.69, 9.17) is 5.73 Å². The summed E-state index contributed by atoms with van der Waals surface area (Å²) in [7, 11) is 0. The van der Waals surface area contributed by atoms with Gasteiger partial charge in [-0.1, -0.05) is 0 Å². The monoisotopic (exact) mass is 250 g/mol. The molecule has 2 aromatic heterocycles. The summed E-state index contributed by atoms with van der Waals surface area (Å²) >= 11 is 1.51. The number of carbonyl (C=O) groups is 1. The van der Waals surface area contributed by atoms with Gasteiger partial charge >= 0.3 is 0 Å². The molecule has 0 atom stereocenters. The van der Waals surface area contributed by atoms with E-state index in [1.165, 1.54) is 11.3 Å². The van der Waals surface area contributed by atoms with Gasteiger partial charge in [0.2, 0.25) is 0 Å². The molecule has 0 aliphatic heterocycles. The minimum Gasteiger partial charge on any atom is -0.397 e. The van der Waals surface area contributed by atoms with Crippen LogP contribution in [0.2, 0.25) is 0 Å². The van der Waals surface area contributed by atoms with Crippen LogP contribution in [0.15, 0.2) is 23.2 Å². The third-order valence-corrected chi connectivity index (χ3v) is 3.04. The molecular formula is C11H14N4OS. The van der Waals surface area contributed by atoms with Crippen LogP contribution in [-0.4, -0.2) is 15.5 Å². The van der Waals surface area contributed by atoms with Crippen molar-refractivity contribution in [2.24, 2.45) is 0 Å². The molecule has 0 aliphatic carbocycles. The van der Waals surface area contributed by atoms with Gasteiger partial charge in [-0.3, -0.25) is 4.79 Å². The average molecular weight is 250 g/mol. The number of nitrogens with one attached hydrogen (secondary N) is 1. The summed E-state index contributed by atoms with van der Waals surface area (Å²) < 4.78 is 1.83. The van der Waals surface area contributed by atoms with Gasteiger partial charge in [-0.15, -0.1) is 11.3 Å². The molecule has 90 valence electrons. The van der Waals surface area contributed by atoms with Crippen molar-refractivity contribution in [1.29, 1.82) is 0 Å². The zero-order valence-corrected chi connectivity index (χ0v) is 10.3. The van der Waals surface area contributed by atoms with E-state index in [-0.39, 0.29) is 5.91 Å². The van der Waals surface area contributed by atoms with E-state index in [0.29, 0.717) is 17.9 Å². The van der Waals surface area contributed by atoms with E-state index in [9.17, 15) is 4.79 Å². The third-order valence-electron chi connectivity index (χ3n) is 2.40. The highest BCUT2D eigenvalue weighted by Crippen LogP contribution is 2.10. The van der Waals surface area contributed by atoms with Crippen LogP contribution in [-0.2, 0) is 13.1 Å². The number of nitrogens with two attached hydrogens (primary N) is 1. The number of aromatic nitrogens is 2. The van der Waals surface area contributed by atoms with E-state index >= 15 is 0 Å². The summed E-state index contributed by atoms with van der Waals surface area (Å²) in [5.74, 6) is -0.128. The van der Waals surface area contributed by atoms with Gasteiger partial charge < -0.3 is 15.6 Å². The highest BCUT2D eigenvalue weighted by molar-refractivity contribution is 7.07. The van der Waals surface area contributed by atoms with Gasteiger partial charge in [-0.25, -0.2) is 4.98 Å². The zero-order valence-electron chi connectivity index (χ0n) is 9.51. The van der Waals surface area contributed by atoms with E-state index < -0.39 is 0 Å². The summed E-state index contributed by atoms with van der Waals surface area (Å²) in [6.07, 6.45) is 1.76. The number of nitrogen functional groups attached to an aromatic ring is 1. The third kappa shape index (κ3) is 2.65. The van der Waals surface area contributed by atoms with Crippen LogP contribution in [0, 0.1) is 0 Å². The first kappa shape index (κ1) is 11.7. The van der Waals surface area contributed by atoms with Crippen LogP contribution in [0.25, 0.3) is 0 Å². The maximum atomic E-state index is 11.9. The minimum absolute atomic E-state index is 0.128. The molecule has 0 spiro atoms. The Morgan fingerprint density at radius 1 is 1.65 bits per heavy atom. The lowest BCUT2D eigenvalue weighted by molar-refractivity contribution is 0.0941. The van der Waals surface area contributed by atoms with E-state index in [1.54, 1.807) is 17.8 Å². The molecule has 6 heteroatoms. The Morgan fingerprint density at radius 3 is 3.12 bits per heavy atom. The topological polar surface area (TPSA) is 72.9 Å². The number of aryl methyl sites for hydroxylation is 1. The van der Waals surface area contributed by atoms with Crippen molar-refractivity contribution < 1.29 is 4.79 Å². The summed E-state index contributed by atoms with van der Waals surface area (Å²) in [5.41, 5.74) is 9.47. The highest BCUT2D eigenvalue weighted by atomic mass is 32.1. The molecule has 0 bridgehead atoms. The first-order valence-corrected chi connectivity index (χ1v) is 6.26. The smallest absolute Gasteiger partial charge is 0.268 e. The van der Waals surface area contributed by atoms with Crippen LogP contribution in [0.4, 0.5) is 5.69 Å². The molecule has 0 fully saturated rings. The second kappa shape index (κ2) is 5.01. The molecule has 0 radical (unpaired) electrons. The van der Waals surface area contributed by atoms with Gasteiger partial charge in [0.1, 0.15) is 5.69 Å². The Kier molecular flexibility index (Phi) is 3.43. The lowest BCUT2D eigenvalue weighted by Crippen LogP contribution is -2.25. The van der Waals surface area contributed by atoms with Gasteiger partial charge in [0.25, 0.3) is 5.91 Å². The molecule has 2 heterocycles. The maximum absolute atomic E-state index is 11.9. The van der Waals surface area contributed by atoms with Crippen LogP contribution in [0.5, 0.6) is 0 Å². The molecule has 0 saturated heterocycles. The number of anilines is 1. The van der Waals surface area contributed by atoms with Crippen molar-refractivity contribution in [3.63, 3.8) is 0 Å². The van der Waals surface area contributed by atoms with Gasteiger partial charge in [0.15, 0.2) is 0 Å². The number of nitrogens with zero attached hydrogens (tertiary/aromatic N) is 2. The molecule has 5 nitrogen and oxygen atoms in total. The Labute approximate surface area is 103 Å². The summed E-state index contributed by atoms with van der Waals surface area (Å²) in [6.45, 7) is 3.13. The Morgan fingerprint density at radius 2 is 2.47 bits per heavy atom.